The SMILES string of the molecule is CC(C)N1[C@@H]2CC[C@H]1CC(OC(=O)[C@H](CO)c1ccccc1)C2.O=CO. The molecule has 2 aliphatic heterocycles. The summed E-state index contributed by atoms with van der Waals surface area (Å²) in [4.78, 5) is 23.4. The predicted molar refractivity (Wildman–Crippen MR) is 97.9 cm³/mol. The largest absolute Gasteiger partial charge is 0.483 e. The fourth-order valence-electron chi connectivity index (χ4n) is 4.35. The number of aliphatic hydroxyl groups excluding tert-OH is 1. The molecule has 1 aromatic rings. The molecule has 26 heavy (non-hydrogen) atoms. The molecule has 4 atom stereocenters. The second kappa shape index (κ2) is 9.69. The molecule has 2 bridgehead atoms. The van der Waals surface area contributed by atoms with Gasteiger partial charge in [0, 0.05) is 31.0 Å². The topological polar surface area (TPSA) is 87.1 Å². The van der Waals surface area contributed by atoms with E-state index < -0.39 is 5.92 Å². The highest BCUT2D eigenvalue weighted by Gasteiger charge is 2.43. The molecular formula is C20H29NO5. The molecule has 0 aromatic heterocycles. The number of hydrogen-bond donors (Lipinski definition) is 2. The van der Waals surface area contributed by atoms with Crippen molar-refractivity contribution in [2.75, 3.05) is 6.61 Å². The quantitative estimate of drug-likeness (QED) is 0.617. The van der Waals surface area contributed by atoms with E-state index in [0.717, 1.165) is 18.4 Å². The number of piperidine rings is 1. The second-order valence-electron chi connectivity index (χ2n) is 7.21. The van der Waals surface area contributed by atoms with Gasteiger partial charge in [0.25, 0.3) is 6.47 Å². The lowest BCUT2D eigenvalue weighted by Gasteiger charge is -2.41. The van der Waals surface area contributed by atoms with Gasteiger partial charge in [0.2, 0.25) is 0 Å². The van der Waals surface area contributed by atoms with E-state index in [1.807, 2.05) is 30.3 Å². The highest BCUT2D eigenvalue weighted by atomic mass is 16.5. The second-order valence-corrected chi connectivity index (χ2v) is 7.21. The summed E-state index contributed by atoms with van der Waals surface area (Å²) in [6.45, 7) is 4.03. The van der Waals surface area contributed by atoms with Gasteiger partial charge in [0.15, 0.2) is 0 Å². The van der Waals surface area contributed by atoms with E-state index in [0.29, 0.717) is 18.1 Å². The zero-order valence-corrected chi connectivity index (χ0v) is 15.5. The summed E-state index contributed by atoms with van der Waals surface area (Å²) < 4.78 is 5.78. The third kappa shape index (κ3) is 4.83. The van der Waals surface area contributed by atoms with Gasteiger partial charge >= 0.3 is 5.97 Å². The van der Waals surface area contributed by atoms with Crippen molar-refractivity contribution in [2.24, 2.45) is 0 Å². The Morgan fingerprint density at radius 1 is 1.23 bits per heavy atom. The summed E-state index contributed by atoms with van der Waals surface area (Å²) in [6, 6.07) is 11.0. The van der Waals surface area contributed by atoms with Crippen molar-refractivity contribution < 1.29 is 24.5 Å². The number of rotatable bonds is 5. The zero-order chi connectivity index (χ0) is 19.1. The van der Waals surface area contributed by atoms with Gasteiger partial charge in [-0.2, -0.15) is 0 Å². The van der Waals surface area contributed by atoms with E-state index in [4.69, 9.17) is 14.6 Å². The summed E-state index contributed by atoms with van der Waals surface area (Å²) in [5.74, 6) is -0.863. The van der Waals surface area contributed by atoms with Crippen LogP contribution in [0, 0.1) is 0 Å². The third-order valence-corrected chi connectivity index (χ3v) is 5.29. The van der Waals surface area contributed by atoms with Gasteiger partial charge in [-0.1, -0.05) is 30.3 Å². The van der Waals surface area contributed by atoms with Gasteiger partial charge in [0.1, 0.15) is 12.0 Å². The van der Waals surface area contributed by atoms with Crippen molar-refractivity contribution in [3.05, 3.63) is 35.9 Å². The number of aliphatic hydroxyl groups is 1. The molecule has 0 spiro atoms. The Labute approximate surface area is 154 Å². The van der Waals surface area contributed by atoms with E-state index >= 15 is 0 Å². The van der Waals surface area contributed by atoms with Crippen LogP contribution in [-0.4, -0.2) is 58.4 Å². The maximum atomic E-state index is 12.5. The van der Waals surface area contributed by atoms with Crippen LogP contribution in [0.1, 0.15) is 51.0 Å². The van der Waals surface area contributed by atoms with Crippen LogP contribution >= 0.6 is 0 Å². The molecule has 2 heterocycles. The molecule has 0 radical (unpaired) electrons. The number of fused-ring (bicyclic) bond motifs is 2. The van der Waals surface area contributed by atoms with Crippen molar-refractivity contribution >= 4 is 12.4 Å². The smallest absolute Gasteiger partial charge is 0.316 e. The molecule has 1 unspecified atom stereocenters. The first-order valence-electron chi connectivity index (χ1n) is 9.23. The van der Waals surface area contributed by atoms with E-state index in [1.54, 1.807) is 0 Å². The fourth-order valence-corrected chi connectivity index (χ4v) is 4.35. The van der Waals surface area contributed by atoms with Crippen LogP contribution in [0.15, 0.2) is 30.3 Å². The van der Waals surface area contributed by atoms with Crippen LogP contribution in [0.5, 0.6) is 0 Å². The lowest BCUT2D eigenvalue weighted by Crippen LogP contribution is -2.49. The molecule has 1 aromatic carbocycles. The molecule has 3 rings (SSSR count). The first kappa shape index (κ1) is 20.4. The lowest BCUT2D eigenvalue weighted by atomic mass is 9.97. The number of carbonyl (C=O) groups excluding carboxylic acids is 1. The Hall–Kier alpha value is -1.92. The number of carboxylic acid groups (broad SMARTS) is 1. The fraction of sp³-hybridized carbons (Fsp3) is 0.600. The Kier molecular flexibility index (Phi) is 7.60. The normalized spacial score (nSPS) is 25.9. The molecule has 0 saturated carbocycles. The predicted octanol–water partition coefficient (Wildman–Crippen LogP) is 2.41. The Morgan fingerprint density at radius 3 is 2.23 bits per heavy atom. The molecule has 2 saturated heterocycles. The average Bonchev–Trinajstić information content (AvgIpc) is 2.89. The number of nitrogens with zero attached hydrogens (tertiary/aromatic N) is 1. The van der Waals surface area contributed by atoms with Crippen molar-refractivity contribution in [2.45, 2.75) is 69.7 Å². The van der Waals surface area contributed by atoms with Crippen LogP contribution in [-0.2, 0) is 14.3 Å². The number of ether oxygens (including phenoxy) is 1. The molecule has 6 nitrogen and oxygen atoms in total. The summed E-state index contributed by atoms with van der Waals surface area (Å²) in [5.41, 5.74) is 0.822. The van der Waals surface area contributed by atoms with Crippen LogP contribution in [0.2, 0.25) is 0 Å². The minimum absolute atomic E-state index is 0.00670. The average molecular weight is 363 g/mol. The van der Waals surface area contributed by atoms with Gasteiger partial charge in [-0.15, -0.1) is 0 Å². The minimum Gasteiger partial charge on any atom is -0.483 e. The first-order chi connectivity index (χ1) is 12.5. The molecule has 0 amide bonds. The van der Waals surface area contributed by atoms with Crippen molar-refractivity contribution in [1.29, 1.82) is 0 Å². The standard InChI is InChI=1S/C19H27NO3.CH2O2/c1-13(2)20-15-8-9-16(20)11-17(10-15)23-19(22)18(12-21)14-6-4-3-5-7-14;2-1-3/h3-7,13,15-18,21H,8-12H2,1-2H3;1H,(H,2,3)/t15-,16+,17?,18-;/m1./s1. The molecule has 2 fully saturated rings. The van der Waals surface area contributed by atoms with Crippen molar-refractivity contribution in [3.8, 4) is 0 Å². The Morgan fingerprint density at radius 2 is 1.77 bits per heavy atom. The summed E-state index contributed by atoms with van der Waals surface area (Å²) in [5, 5.41) is 16.5. The van der Waals surface area contributed by atoms with Gasteiger partial charge in [0.05, 0.1) is 6.61 Å². The van der Waals surface area contributed by atoms with Crippen LogP contribution in [0.4, 0.5) is 0 Å². The van der Waals surface area contributed by atoms with Crippen molar-refractivity contribution in [3.63, 3.8) is 0 Å². The minimum atomic E-state index is -0.572. The third-order valence-electron chi connectivity index (χ3n) is 5.29. The highest BCUT2D eigenvalue weighted by molar-refractivity contribution is 5.78. The van der Waals surface area contributed by atoms with Gasteiger partial charge in [-0.3, -0.25) is 14.5 Å². The maximum Gasteiger partial charge on any atom is 0.316 e. The monoisotopic (exact) mass is 363 g/mol. The molecule has 2 aliphatic rings. The van der Waals surface area contributed by atoms with Gasteiger partial charge in [-0.05, 0) is 32.3 Å². The number of benzene rings is 1. The van der Waals surface area contributed by atoms with E-state index in [-0.39, 0.29) is 25.2 Å². The first-order valence-corrected chi connectivity index (χ1v) is 9.23. The summed E-state index contributed by atoms with van der Waals surface area (Å²) >= 11 is 0. The van der Waals surface area contributed by atoms with Crippen molar-refractivity contribution in [1.82, 2.24) is 4.90 Å². The number of hydrogen-bond acceptors (Lipinski definition) is 5. The molecular weight excluding hydrogens is 334 g/mol. The summed E-state index contributed by atoms with van der Waals surface area (Å²) in [6.07, 6.45) is 4.26. The highest BCUT2D eigenvalue weighted by Crippen LogP contribution is 2.38. The molecule has 144 valence electrons. The van der Waals surface area contributed by atoms with Crippen LogP contribution in [0.3, 0.4) is 0 Å². The number of carbonyl (C=O) groups is 2. The van der Waals surface area contributed by atoms with E-state index in [9.17, 15) is 9.90 Å². The van der Waals surface area contributed by atoms with Crippen LogP contribution < -0.4 is 0 Å². The molecule has 0 aliphatic carbocycles. The number of esters is 1. The summed E-state index contributed by atoms with van der Waals surface area (Å²) in [7, 11) is 0. The van der Waals surface area contributed by atoms with Gasteiger partial charge < -0.3 is 14.9 Å². The van der Waals surface area contributed by atoms with E-state index in [2.05, 4.69) is 18.7 Å². The molecule has 2 N–H and O–H groups in total. The molecule has 6 heteroatoms. The Bertz CT molecular complexity index is 563. The lowest BCUT2D eigenvalue weighted by molar-refractivity contribution is -0.155. The van der Waals surface area contributed by atoms with Crippen LogP contribution in [0.25, 0.3) is 0 Å². The zero-order valence-electron chi connectivity index (χ0n) is 15.5. The Balaban J connectivity index is 0.000000758. The maximum absolute atomic E-state index is 12.5. The van der Waals surface area contributed by atoms with Gasteiger partial charge in [-0.25, -0.2) is 0 Å². The van der Waals surface area contributed by atoms with E-state index in [1.165, 1.54) is 12.8 Å².